The molecule has 1 saturated heterocycles. The van der Waals surface area contributed by atoms with E-state index in [-0.39, 0.29) is 32.5 Å². The molecule has 1 aromatic carbocycles. The van der Waals surface area contributed by atoms with Crippen molar-refractivity contribution in [2.75, 3.05) is 25.0 Å². The van der Waals surface area contributed by atoms with Crippen LogP contribution in [0.1, 0.15) is 12.8 Å². The Bertz CT molecular complexity index is 794. The normalized spacial score (nSPS) is 19.8. The molecule has 1 unspecified atom stereocenters. The molecule has 2 aliphatic rings. The van der Waals surface area contributed by atoms with Crippen LogP contribution in [0, 0.1) is 0 Å². The van der Waals surface area contributed by atoms with E-state index in [2.05, 4.69) is 15.4 Å². The molecule has 13 heteroatoms. The zero-order valence-electron chi connectivity index (χ0n) is 15.9. The summed E-state index contributed by atoms with van der Waals surface area (Å²) in [6.45, 7) is -0.109. The van der Waals surface area contributed by atoms with Gasteiger partial charge in [0.15, 0.2) is 6.10 Å². The molecule has 1 atom stereocenters. The predicted molar refractivity (Wildman–Crippen MR) is 94.5 cm³/mol. The van der Waals surface area contributed by atoms with Crippen molar-refractivity contribution in [2.24, 2.45) is 0 Å². The minimum Gasteiger partial charge on any atom is -0.477 e. The predicted octanol–water partition coefficient (Wildman–Crippen LogP) is 3.07. The van der Waals surface area contributed by atoms with Crippen LogP contribution in [0.15, 0.2) is 24.3 Å². The van der Waals surface area contributed by atoms with E-state index in [4.69, 9.17) is 4.74 Å². The summed E-state index contributed by atoms with van der Waals surface area (Å²) in [5.74, 6) is 0.0904. The van der Waals surface area contributed by atoms with Crippen LogP contribution in [0.3, 0.4) is 0 Å². The van der Waals surface area contributed by atoms with Gasteiger partial charge in [-0.15, -0.1) is 0 Å². The lowest BCUT2D eigenvalue weighted by Gasteiger charge is -2.34. The highest BCUT2D eigenvalue weighted by atomic mass is 19.4. The Morgan fingerprint density at radius 1 is 1.10 bits per heavy atom. The van der Waals surface area contributed by atoms with Gasteiger partial charge in [-0.1, -0.05) is 12.1 Å². The number of nitrogens with zero attached hydrogens (tertiary/aromatic N) is 1. The number of alkyl halides is 6. The van der Waals surface area contributed by atoms with Gasteiger partial charge in [0.2, 0.25) is 0 Å². The van der Waals surface area contributed by atoms with Crippen LogP contribution in [0.2, 0.25) is 0 Å². The van der Waals surface area contributed by atoms with E-state index < -0.39 is 42.6 Å². The number of carbonyl (C=O) groups is 2. The number of rotatable bonds is 3. The number of carbonyl (C=O) groups excluding carboxylic acids is 2. The second-order valence-electron chi connectivity index (χ2n) is 7.10. The highest BCUT2D eigenvalue weighted by Crippen LogP contribution is 2.36. The first kappa shape index (κ1) is 22.8. The fourth-order valence-electron chi connectivity index (χ4n) is 3.25. The number of amides is 2. The summed E-state index contributed by atoms with van der Waals surface area (Å²) in [5, 5.41) is 5.78. The molecular formula is C18H19F6N3O4. The Morgan fingerprint density at radius 3 is 2.32 bits per heavy atom. The van der Waals surface area contributed by atoms with E-state index in [1.54, 1.807) is 24.3 Å². The highest BCUT2D eigenvalue weighted by Gasteiger charge is 2.60. The number of benzene rings is 1. The Labute approximate surface area is 172 Å². The maximum Gasteiger partial charge on any atom is 0.434 e. The molecular weight excluding hydrogens is 436 g/mol. The number of halogens is 6. The van der Waals surface area contributed by atoms with Crippen LogP contribution >= 0.6 is 0 Å². The molecule has 0 saturated carbocycles. The van der Waals surface area contributed by atoms with Gasteiger partial charge >= 0.3 is 18.4 Å². The third-order valence-electron chi connectivity index (χ3n) is 4.84. The molecule has 0 spiro atoms. The average Bonchev–Trinajstić information content (AvgIpc) is 2.70. The Balaban J connectivity index is 1.48. The number of likely N-dealkylation sites (tertiary alicyclic amines) is 1. The molecule has 7 nitrogen and oxygen atoms in total. The van der Waals surface area contributed by atoms with Crippen LogP contribution in [-0.2, 0) is 9.53 Å². The molecule has 2 aliphatic heterocycles. The van der Waals surface area contributed by atoms with Crippen molar-refractivity contribution in [2.45, 2.75) is 43.4 Å². The first-order chi connectivity index (χ1) is 14.4. The van der Waals surface area contributed by atoms with Gasteiger partial charge in [0.05, 0.1) is 12.2 Å². The van der Waals surface area contributed by atoms with Gasteiger partial charge in [-0.2, -0.15) is 26.3 Å². The van der Waals surface area contributed by atoms with Crippen molar-refractivity contribution < 1.29 is 45.4 Å². The molecule has 1 aromatic rings. The zero-order valence-corrected chi connectivity index (χ0v) is 15.9. The second kappa shape index (κ2) is 8.71. The topological polar surface area (TPSA) is 79.9 Å². The van der Waals surface area contributed by atoms with Crippen LogP contribution in [0.4, 0.5) is 36.8 Å². The van der Waals surface area contributed by atoms with E-state index in [1.807, 2.05) is 0 Å². The van der Waals surface area contributed by atoms with Gasteiger partial charge in [0.25, 0.3) is 12.0 Å². The summed E-state index contributed by atoms with van der Waals surface area (Å²) < 4.78 is 84.5. The summed E-state index contributed by atoms with van der Waals surface area (Å²) >= 11 is 0. The summed E-state index contributed by atoms with van der Waals surface area (Å²) in [7, 11) is 0. The lowest BCUT2D eigenvalue weighted by molar-refractivity contribution is -0.308. The number of para-hydroxylation sites is 2. The maximum absolute atomic E-state index is 12.5. The van der Waals surface area contributed by atoms with Crippen LogP contribution < -0.4 is 15.4 Å². The quantitative estimate of drug-likeness (QED) is 0.685. The molecule has 2 amide bonds. The van der Waals surface area contributed by atoms with Gasteiger partial charge in [-0.3, -0.25) is 4.79 Å². The van der Waals surface area contributed by atoms with Crippen LogP contribution in [0.5, 0.6) is 5.75 Å². The second-order valence-corrected chi connectivity index (χ2v) is 7.10. The number of fused-ring (bicyclic) bond motifs is 1. The number of hydrogen-bond donors (Lipinski definition) is 2. The summed E-state index contributed by atoms with van der Waals surface area (Å²) in [6.07, 6.45) is -18.0. The standard InChI is InChI=1S/C18H19F6N3O4/c19-17(20,21)15(18(22,23)24)31-16(29)27-7-5-10(6-8-27)26-14(28)13-9-25-11-3-1-2-4-12(11)30-13/h1-4,10,13,15,25H,5-9H2,(H,26,28). The molecule has 2 N–H and O–H groups in total. The van der Waals surface area contributed by atoms with Crippen molar-refractivity contribution in [1.29, 1.82) is 0 Å². The third-order valence-corrected chi connectivity index (χ3v) is 4.84. The van der Waals surface area contributed by atoms with Crippen molar-refractivity contribution in [3.05, 3.63) is 24.3 Å². The Morgan fingerprint density at radius 2 is 1.71 bits per heavy atom. The lowest BCUT2D eigenvalue weighted by atomic mass is 10.0. The maximum atomic E-state index is 12.5. The van der Waals surface area contributed by atoms with Crippen molar-refractivity contribution >= 4 is 17.7 Å². The van der Waals surface area contributed by atoms with Gasteiger partial charge < -0.3 is 25.0 Å². The van der Waals surface area contributed by atoms with E-state index in [1.165, 1.54) is 0 Å². The molecule has 2 heterocycles. The monoisotopic (exact) mass is 455 g/mol. The zero-order chi connectivity index (χ0) is 22.8. The third kappa shape index (κ3) is 5.64. The fraction of sp³-hybridized carbons (Fsp3) is 0.556. The summed E-state index contributed by atoms with van der Waals surface area (Å²) in [5.41, 5.74) is 0.745. The number of ether oxygens (including phenoxy) is 2. The lowest BCUT2D eigenvalue weighted by Crippen LogP contribution is -2.53. The van der Waals surface area contributed by atoms with Crippen molar-refractivity contribution in [3.8, 4) is 5.75 Å². The number of piperidine rings is 1. The van der Waals surface area contributed by atoms with Crippen LogP contribution in [-0.4, -0.2) is 67.1 Å². The van der Waals surface area contributed by atoms with E-state index >= 15 is 0 Å². The van der Waals surface area contributed by atoms with Gasteiger partial charge in [-0.25, -0.2) is 4.79 Å². The number of hydrogen-bond acceptors (Lipinski definition) is 5. The van der Waals surface area contributed by atoms with Gasteiger partial charge in [0, 0.05) is 19.1 Å². The molecule has 31 heavy (non-hydrogen) atoms. The molecule has 172 valence electrons. The minimum absolute atomic E-state index is 0.139. The van der Waals surface area contributed by atoms with Gasteiger partial charge in [-0.05, 0) is 25.0 Å². The van der Waals surface area contributed by atoms with Crippen molar-refractivity contribution in [3.63, 3.8) is 0 Å². The van der Waals surface area contributed by atoms with Crippen molar-refractivity contribution in [1.82, 2.24) is 10.2 Å². The largest absolute Gasteiger partial charge is 0.477 e. The van der Waals surface area contributed by atoms with Crippen LogP contribution in [0.25, 0.3) is 0 Å². The molecule has 3 rings (SSSR count). The molecule has 0 radical (unpaired) electrons. The van der Waals surface area contributed by atoms with Gasteiger partial charge in [0.1, 0.15) is 5.75 Å². The summed E-state index contributed by atoms with van der Waals surface area (Å²) in [4.78, 5) is 25.0. The minimum atomic E-state index is -5.77. The Kier molecular flexibility index (Phi) is 6.41. The van der Waals surface area contributed by atoms with E-state index in [9.17, 15) is 35.9 Å². The number of nitrogens with one attached hydrogen (secondary N) is 2. The molecule has 0 bridgehead atoms. The molecule has 1 fully saturated rings. The molecule has 0 aliphatic carbocycles. The SMILES string of the molecule is O=C(NC1CCN(C(=O)OC(C(F)(F)F)C(F)(F)F)CC1)C1CNc2ccccc2O1. The average molecular weight is 455 g/mol. The highest BCUT2D eigenvalue weighted by molar-refractivity contribution is 5.83. The smallest absolute Gasteiger partial charge is 0.434 e. The Hall–Kier alpha value is -2.86. The van der Waals surface area contributed by atoms with E-state index in [0.717, 1.165) is 10.6 Å². The molecule has 0 aromatic heterocycles. The fourth-order valence-corrected chi connectivity index (χ4v) is 3.25. The summed E-state index contributed by atoms with van der Waals surface area (Å²) in [6, 6.07) is 6.62. The van der Waals surface area contributed by atoms with E-state index in [0.29, 0.717) is 5.75 Å². The first-order valence-electron chi connectivity index (χ1n) is 9.34. The first-order valence-corrected chi connectivity index (χ1v) is 9.34. The number of anilines is 1.